The van der Waals surface area contributed by atoms with Gasteiger partial charge in [-0.2, -0.15) is 0 Å². The fourth-order valence-electron chi connectivity index (χ4n) is 1.48. The van der Waals surface area contributed by atoms with Crippen molar-refractivity contribution in [3.63, 3.8) is 0 Å². The zero-order chi connectivity index (χ0) is 10.9. The predicted octanol–water partition coefficient (Wildman–Crippen LogP) is 1.03. The molecule has 1 heterocycles. The number of rotatable bonds is 8. The highest BCUT2D eigenvalue weighted by Crippen LogP contribution is 2.11. The molecular formula is C11H20N2O2. The molecule has 4 nitrogen and oxygen atoms in total. The molecule has 0 saturated carbocycles. The lowest BCUT2D eigenvalue weighted by molar-refractivity contribution is 0.282. The minimum Gasteiger partial charge on any atom is -0.468 e. The number of nitrogens with two attached hydrogens (primary N) is 1. The highest BCUT2D eigenvalue weighted by molar-refractivity contribution is 5.04. The average molecular weight is 212 g/mol. The van der Waals surface area contributed by atoms with E-state index < -0.39 is 0 Å². The van der Waals surface area contributed by atoms with Crippen LogP contribution in [0.4, 0.5) is 0 Å². The molecule has 0 aliphatic rings. The molecule has 0 spiro atoms. The number of furan rings is 1. The highest BCUT2D eigenvalue weighted by atomic mass is 16.3. The van der Waals surface area contributed by atoms with Gasteiger partial charge in [-0.1, -0.05) is 0 Å². The second-order valence-corrected chi connectivity index (χ2v) is 3.54. The van der Waals surface area contributed by atoms with Crippen LogP contribution in [0, 0.1) is 0 Å². The number of hydrogen-bond acceptors (Lipinski definition) is 4. The van der Waals surface area contributed by atoms with Crippen molar-refractivity contribution in [2.45, 2.75) is 25.3 Å². The van der Waals surface area contributed by atoms with Crippen LogP contribution < -0.4 is 11.1 Å². The molecule has 0 radical (unpaired) electrons. The molecule has 0 aromatic carbocycles. The van der Waals surface area contributed by atoms with Gasteiger partial charge in [-0.05, 0) is 37.9 Å². The summed E-state index contributed by atoms with van der Waals surface area (Å²) in [7, 11) is 0. The van der Waals surface area contributed by atoms with Crippen molar-refractivity contribution >= 4 is 0 Å². The van der Waals surface area contributed by atoms with E-state index in [1.54, 1.807) is 6.26 Å². The van der Waals surface area contributed by atoms with Crippen molar-refractivity contribution in [1.82, 2.24) is 5.32 Å². The zero-order valence-corrected chi connectivity index (χ0v) is 8.98. The van der Waals surface area contributed by atoms with Gasteiger partial charge in [0, 0.05) is 13.2 Å². The third kappa shape index (κ3) is 4.46. The first-order chi connectivity index (χ1) is 7.38. The third-order valence-electron chi connectivity index (χ3n) is 2.35. The first kappa shape index (κ1) is 12.2. The summed E-state index contributed by atoms with van der Waals surface area (Å²) in [6.45, 7) is 1.72. The van der Waals surface area contributed by atoms with E-state index in [4.69, 9.17) is 15.3 Å². The fraction of sp³-hybridized carbons (Fsp3) is 0.636. The van der Waals surface area contributed by atoms with Crippen molar-refractivity contribution in [1.29, 1.82) is 0 Å². The lowest BCUT2D eigenvalue weighted by atomic mass is 10.2. The maximum Gasteiger partial charge on any atom is 0.121 e. The van der Waals surface area contributed by atoms with Crippen molar-refractivity contribution in [3.8, 4) is 0 Å². The van der Waals surface area contributed by atoms with Gasteiger partial charge < -0.3 is 20.6 Å². The Morgan fingerprint density at radius 2 is 2.27 bits per heavy atom. The van der Waals surface area contributed by atoms with E-state index >= 15 is 0 Å². The normalized spacial score (nSPS) is 12.9. The van der Waals surface area contributed by atoms with Gasteiger partial charge in [-0.25, -0.2) is 0 Å². The number of aliphatic hydroxyl groups is 1. The predicted molar refractivity (Wildman–Crippen MR) is 59.4 cm³/mol. The van der Waals surface area contributed by atoms with E-state index in [0.29, 0.717) is 6.54 Å². The standard InChI is InChI=1S/C11H20N2O2/c12-9-10(11-5-4-8-15-11)13-6-2-1-3-7-14/h4-5,8,10,13-14H,1-3,6-7,9,12H2. The maximum absolute atomic E-state index is 8.62. The van der Waals surface area contributed by atoms with Gasteiger partial charge in [0.2, 0.25) is 0 Å². The van der Waals surface area contributed by atoms with Crippen molar-refractivity contribution in [2.24, 2.45) is 5.73 Å². The monoisotopic (exact) mass is 212 g/mol. The molecule has 0 aliphatic carbocycles. The molecule has 4 heteroatoms. The summed E-state index contributed by atoms with van der Waals surface area (Å²) in [5.41, 5.74) is 5.64. The van der Waals surface area contributed by atoms with Gasteiger partial charge in [0.05, 0.1) is 12.3 Å². The van der Waals surface area contributed by atoms with Crippen LogP contribution in [-0.4, -0.2) is 24.8 Å². The molecule has 1 aromatic rings. The van der Waals surface area contributed by atoms with E-state index in [1.165, 1.54) is 0 Å². The van der Waals surface area contributed by atoms with Crippen LogP contribution in [0.25, 0.3) is 0 Å². The van der Waals surface area contributed by atoms with E-state index in [-0.39, 0.29) is 12.6 Å². The minimum absolute atomic E-state index is 0.106. The molecule has 0 aliphatic heterocycles. The Hall–Kier alpha value is -0.840. The fourth-order valence-corrected chi connectivity index (χ4v) is 1.48. The lowest BCUT2D eigenvalue weighted by Gasteiger charge is -2.13. The van der Waals surface area contributed by atoms with Gasteiger partial charge in [-0.3, -0.25) is 0 Å². The van der Waals surface area contributed by atoms with Gasteiger partial charge in [0.25, 0.3) is 0 Å². The van der Waals surface area contributed by atoms with Crippen LogP contribution in [0.15, 0.2) is 22.8 Å². The summed E-state index contributed by atoms with van der Waals surface area (Å²) < 4.78 is 5.28. The molecule has 1 atom stereocenters. The summed E-state index contributed by atoms with van der Waals surface area (Å²) in [5.74, 6) is 0.889. The number of aliphatic hydroxyl groups excluding tert-OH is 1. The average Bonchev–Trinajstić information content (AvgIpc) is 2.77. The maximum atomic E-state index is 8.62. The Balaban J connectivity index is 2.18. The second-order valence-electron chi connectivity index (χ2n) is 3.54. The molecule has 1 unspecified atom stereocenters. The molecule has 0 fully saturated rings. The number of unbranched alkanes of at least 4 members (excludes halogenated alkanes) is 2. The molecule has 4 N–H and O–H groups in total. The molecule has 0 bridgehead atoms. The number of nitrogens with one attached hydrogen (secondary N) is 1. The van der Waals surface area contributed by atoms with Crippen molar-refractivity contribution in [2.75, 3.05) is 19.7 Å². The first-order valence-corrected chi connectivity index (χ1v) is 5.46. The Bertz CT molecular complexity index is 237. The molecular weight excluding hydrogens is 192 g/mol. The Kier molecular flexibility index (Phi) is 6.08. The molecule has 1 aromatic heterocycles. The lowest BCUT2D eigenvalue weighted by Crippen LogP contribution is -2.28. The zero-order valence-electron chi connectivity index (χ0n) is 8.98. The number of hydrogen-bond donors (Lipinski definition) is 3. The largest absolute Gasteiger partial charge is 0.468 e. The van der Waals surface area contributed by atoms with Crippen LogP contribution in [0.2, 0.25) is 0 Å². The van der Waals surface area contributed by atoms with Gasteiger partial charge in [0.1, 0.15) is 5.76 Å². The van der Waals surface area contributed by atoms with Crippen LogP contribution in [0.1, 0.15) is 31.1 Å². The van der Waals surface area contributed by atoms with Gasteiger partial charge >= 0.3 is 0 Å². The summed E-state index contributed by atoms with van der Waals surface area (Å²) in [6, 6.07) is 3.90. The summed E-state index contributed by atoms with van der Waals surface area (Å²) in [5, 5.41) is 11.9. The van der Waals surface area contributed by atoms with E-state index in [2.05, 4.69) is 5.32 Å². The second kappa shape index (κ2) is 7.45. The molecule has 1 rings (SSSR count). The quantitative estimate of drug-likeness (QED) is 0.563. The van der Waals surface area contributed by atoms with Gasteiger partial charge in [0.15, 0.2) is 0 Å². The van der Waals surface area contributed by atoms with Crippen molar-refractivity contribution < 1.29 is 9.52 Å². The molecule has 0 amide bonds. The Labute approximate surface area is 90.5 Å². The third-order valence-corrected chi connectivity index (χ3v) is 2.35. The first-order valence-electron chi connectivity index (χ1n) is 5.46. The topological polar surface area (TPSA) is 71.4 Å². The Morgan fingerprint density at radius 3 is 2.87 bits per heavy atom. The molecule has 15 heavy (non-hydrogen) atoms. The van der Waals surface area contributed by atoms with Crippen molar-refractivity contribution in [3.05, 3.63) is 24.2 Å². The highest BCUT2D eigenvalue weighted by Gasteiger charge is 2.10. The minimum atomic E-state index is 0.106. The van der Waals surface area contributed by atoms with E-state index in [0.717, 1.165) is 31.6 Å². The molecule has 86 valence electrons. The van der Waals surface area contributed by atoms with Gasteiger partial charge in [-0.15, -0.1) is 0 Å². The summed E-state index contributed by atoms with van der Waals surface area (Å²) in [6.07, 6.45) is 4.62. The Morgan fingerprint density at radius 1 is 1.40 bits per heavy atom. The van der Waals surface area contributed by atoms with E-state index in [1.807, 2.05) is 12.1 Å². The SMILES string of the molecule is NCC(NCCCCCO)c1ccco1. The van der Waals surface area contributed by atoms with Crippen LogP contribution >= 0.6 is 0 Å². The molecule has 0 saturated heterocycles. The van der Waals surface area contributed by atoms with E-state index in [9.17, 15) is 0 Å². The van der Waals surface area contributed by atoms with Crippen LogP contribution in [0.3, 0.4) is 0 Å². The van der Waals surface area contributed by atoms with Crippen LogP contribution in [-0.2, 0) is 0 Å². The summed E-state index contributed by atoms with van der Waals surface area (Å²) in [4.78, 5) is 0. The summed E-state index contributed by atoms with van der Waals surface area (Å²) >= 11 is 0. The van der Waals surface area contributed by atoms with Crippen LogP contribution in [0.5, 0.6) is 0 Å². The smallest absolute Gasteiger partial charge is 0.121 e.